The maximum Gasteiger partial charge on any atom is 0.239 e. The van der Waals surface area contributed by atoms with Crippen LogP contribution >= 0.6 is 0 Å². The highest BCUT2D eigenvalue weighted by Crippen LogP contribution is 2.40. The summed E-state index contributed by atoms with van der Waals surface area (Å²) < 4.78 is 28.0. The Bertz CT molecular complexity index is 1520. The molecule has 2 fully saturated rings. The first-order chi connectivity index (χ1) is 19.9. The normalized spacial score (nSPS) is 31.4. The van der Waals surface area contributed by atoms with Crippen molar-refractivity contribution in [3.63, 3.8) is 0 Å². The average molecular weight is 596 g/mol. The van der Waals surface area contributed by atoms with Crippen molar-refractivity contribution in [3.05, 3.63) is 40.6 Å². The highest BCUT2D eigenvalue weighted by atomic mass is 16.8. The van der Waals surface area contributed by atoms with Crippen molar-refractivity contribution in [2.45, 2.75) is 48.7 Å². The Morgan fingerprint density at radius 2 is 1.67 bits per heavy atom. The Kier molecular flexibility index (Phi) is 7.92. The Morgan fingerprint density at radius 1 is 0.929 bits per heavy atom. The number of aliphatic hydroxyl groups excluding tert-OH is 5. The molecule has 0 aliphatic carbocycles. The largest absolute Gasteiger partial charge is 0.508 e. The minimum Gasteiger partial charge on any atom is -0.508 e. The van der Waals surface area contributed by atoms with Crippen LogP contribution in [-0.4, -0.2) is 120 Å². The van der Waals surface area contributed by atoms with Gasteiger partial charge in [-0.25, -0.2) is 0 Å². The summed E-state index contributed by atoms with van der Waals surface area (Å²) in [5.41, 5.74) is -3.51. The van der Waals surface area contributed by atoms with Crippen LogP contribution in [0.5, 0.6) is 28.7 Å². The summed E-state index contributed by atoms with van der Waals surface area (Å²) >= 11 is 0. The van der Waals surface area contributed by atoms with Crippen LogP contribution in [0.25, 0.3) is 22.3 Å². The number of rotatable bonds is 7. The van der Waals surface area contributed by atoms with Gasteiger partial charge in [0.1, 0.15) is 52.5 Å². The molecule has 3 heterocycles. The lowest BCUT2D eigenvalue weighted by molar-refractivity contribution is -0.319. The van der Waals surface area contributed by atoms with Crippen LogP contribution in [0.15, 0.2) is 39.5 Å². The lowest BCUT2D eigenvalue weighted by atomic mass is 9.98. The predicted octanol–water partition coefficient (Wildman–Crippen LogP) is -2.07. The van der Waals surface area contributed by atoms with Crippen molar-refractivity contribution in [2.24, 2.45) is 0 Å². The van der Waals surface area contributed by atoms with E-state index in [4.69, 9.17) is 23.4 Å². The molecule has 0 saturated carbocycles. The van der Waals surface area contributed by atoms with E-state index < -0.39 is 114 Å². The maximum atomic E-state index is 13.7. The molecular formula is C26H28O16. The first-order valence-corrected chi connectivity index (χ1v) is 12.5. The zero-order chi connectivity index (χ0) is 30.5. The van der Waals surface area contributed by atoms with Gasteiger partial charge < -0.3 is 74.4 Å². The summed E-state index contributed by atoms with van der Waals surface area (Å²) in [7, 11) is 0. The Balaban J connectivity index is 1.62. The Morgan fingerprint density at radius 3 is 2.31 bits per heavy atom. The van der Waals surface area contributed by atoms with Crippen LogP contribution in [0.1, 0.15) is 0 Å². The van der Waals surface area contributed by atoms with Crippen LogP contribution < -0.4 is 10.2 Å². The van der Waals surface area contributed by atoms with Gasteiger partial charge in [-0.2, -0.15) is 0 Å². The fraction of sp³-hybridized carbons (Fsp3) is 0.423. The molecule has 2 aliphatic heterocycles. The van der Waals surface area contributed by atoms with Gasteiger partial charge in [-0.05, 0) is 18.2 Å². The van der Waals surface area contributed by atoms with Crippen LogP contribution in [0.3, 0.4) is 0 Å². The van der Waals surface area contributed by atoms with Crippen molar-refractivity contribution in [1.29, 1.82) is 0 Å². The lowest BCUT2D eigenvalue weighted by Crippen LogP contribution is -2.62. The van der Waals surface area contributed by atoms with Gasteiger partial charge in [0.05, 0.1) is 19.8 Å². The molecule has 0 bridgehead atoms. The number of ether oxygens (including phenoxy) is 4. The number of hydrogen-bond acceptors (Lipinski definition) is 16. The smallest absolute Gasteiger partial charge is 0.239 e. The number of hydrogen-bond donors (Lipinski definition) is 10. The number of fused-ring (bicyclic) bond motifs is 1. The molecule has 4 unspecified atom stereocenters. The molecule has 2 aromatic carbocycles. The molecule has 3 aromatic rings. The molecule has 8 atom stereocenters. The van der Waals surface area contributed by atoms with E-state index in [0.29, 0.717) is 0 Å². The van der Waals surface area contributed by atoms with E-state index in [-0.39, 0.29) is 11.1 Å². The van der Waals surface area contributed by atoms with Crippen LogP contribution in [0.4, 0.5) is 0 Å². The molecule has 2 saturated heterocycles. The number of benzene rings is 2. The van der Waals surface area contributed by atoms with Crippen molar-refractivity contribution in [1.82, 2.24) is 0 Å². The minimum atomic E-state index is -2.12. The molecule has 2 aliphatic rings. The third kappa shape index (κ3) is 5.08. The molecule has 42 heavy (non-hydrogen) atoms. The fourth-order valence-electron chi connectivity index (χ4n) is 4.71. The van der Waals surface area contributed by atoms with Gasteiger partial charge in [0.15, 0.2) is 29.7 Å². The summed E-state index contributed by atoms with van der Waals surface area (Å²) in [5, 5.41) is 101. The fourth-order valence-corrected chi connectivity index (χ4v) is 4.71. The van der Waals surface area contributed by atoms with Gasteiger partial charge in [0, 0.05) is 17.7 Å². The minimum absolute atomic E-state index is 0.0442. The molecule has 228 valence electrons. The second-order valence-corrected chi connectivity index (χ2v) is 9.94. The van der Waals surface area contributed by atoms with Crippen molar-refractivity contribution in [3.8, 4) is 40.1 Å². The van der Waals surface area contributed by atoms with Crippen molar-refractivity contribution in [2.75, 3.05) is 19.8 Å². The van der Waals surface area contributed by atoms with E-state index in [9.17, 15) is 55.9 Å². The lowest BCUT2D eigenvalue weighted by Gasteiger charge is -2.42. The zero-order valence-electron chi connectivity index (χ0n) is 21.5. The van der Waals surface area contributed by atoms with E-state index in [1.807, 2.05) is 0 Å². The van der Waals surface area contributed by atoms with Crippen molar-refractivity contribution >= 4 is 11.0 Å². The zero-order valence-corrected chi connectivity index (χ0v) is 21.5. The van der Waals surface area contributed by atoms with Gasteiger partial charge in [0.25, 0.3) is 0 Å². The van der Waals surface area contributed by atoms with Crippen LogP contribution in [0, 0.1) is 0 Å². The maximum absolute atomic E-state index is 13.7. The molecule has 0 spiro atoms. The third-order valence-electron chi connectivity index (χ3n) is 7.08. The second kappa shape index (κ2) is 11.2. The topological polar surface area (TPSA) is 269 Å². The van der Waals surface area contributed by atoms with Gasteiger partial charge in [-0.15, -0.1) is 0 Å². The van der Waals surface area contributed by atoms with E-state index in [1.54, 1.807) is 0 Å². The average Bonchev–Trinajstić information content (AvgIpc) is 3.23. The van der Waals surface area contributed by atoms with Gasteiger partial charge in [-0.1, -0.05) is 0 Å². The van der Waals surface area contributed by atoms with E-state index >= 15 is 0 Å². The number of aliphatic hydroxyl groups is 6. The molecular weight excluding hydrogens is 568 g/mol. The van der Waals surface area contributed by atoms with E-state index in [0.717, 1.165) is 24.3 Å². The number of phenols is 4. The van der Waals surface area contributed by atoms with Crippen molar-refractivity contribution < 1.29 is 74.4 Å². The summed E-state index contributed by atoms with van der Waals surface area (Å²) in [6.45, 7) is -2.31. The highest BCUT2D eigenvalue weighted by molar-refractivity contribution is 5.88. The molecule has 0 radical (unpaired) electrons. The van der Waals surface area contributed by atoms with Gasteiger partial charge in [0.2, 0.25) is 17.5 Å². The first-order valence-electron chi connectivity index (χ1n) is 12.5. The van der Waals surface area contributed by atoms with E-state index in [1.165, 1.54) is 6.07 Å². The first kappa shape index (κ1) is 29.8. The molecule has 0 amide bonds. The molecule has 16 nitrogen and oxygen atoms in total. The SMILES string of the molecule is O=c1c(O[C@@H]2OC(CO)[C@@H](O)C(O)C2O[C@@H]2OCC(O)(CO)[C@@H]2O)c(-c2ccc(O)c(O)c2)oc2cc(O)cc(O)c12. The van der Waals surface area contributed by atoms with E-state index in [2.05, 4.69) is 0 Å². The second-order valence-electron chi connectivity index (χ2n) is 9.94. The number of phenolic OH excluding ortho intramolecular Hbond substituents is 4. The quantitative estimate of drug-likeness (QED) is 0.131. The van der Waals surface area contributed by atoms with Crippen LogP contribution in [0.2, 0.25) is 0 Å². The predicted molar refractivity (Wildman–Crippen MR) is 136 cm³/mol. The van der Waals surface area contributed by atoms with Gasteiger partial charge in [-0.3, -0.25) is 4.79 Å². The molecule has 1 aromatic heterocycles. The van der Waals surface area contributed by atoms with Crippen LogP contribution in [-0.2, 0) is 14.2 Å². The Hall–Kier alpha value is -3.71. The Labute approximate surface area is 235 Å². The number of aromatic hydroxyl groups is 4. The summed E-state index contributed by atoms with van der Waals surface area (Å²) in [6, 6.07) is 5.21. The monoisotopic (exact) mass is 596 g/mol. The third-order valence-corrected chi connectivity index (χ3v) is 7.08. The standard InChI is InChI=1S/C26H28O16/c27-6-15-17(33)19(35)22(42-25-23(36)26(37,7-28)8-38-25)24(40-15)41-21-18(34)16-13(32)4-10(29)5-14(16)39-20(21)9-1-2-11(30)12(31)3-9/h1-5,15,17,19,22-25,27-33,35-37H,6-8H2/t15?,17-,19?,22?,23-,24+,25+,26?/m1/s1. The summed E-state index contributed by atoms with van der Waals surface area (Å²) in [4.78, 5) is 13.7. The molecule has 5 rings (SSSR count). The molecule has 16 heteroatoms. The summed E-state index contributed by atoms with van der Waals surface area (Å²) in [6.07, 6.45) is -12.3. The highest BCUT2D eigenvalue weighted by Gasteiger charge is 2.53. The molecule has 10 N–H and O–H groups in total. The summed E-state index contributed by atoms with van der Waals surface area (Å²) in [5.74, 6) is -3.39. The van der Waals surface area contributed by atoms with Gasteiger partial charge >= 0.3 is 0 Å².